The summed E-state index contributed by atoms with van der Waals surface area (Å²) in [5, 5.41) is 6.73. The van der Waals surface area contributed by atoms with Crippen LogP contribution in [-0.4, -0.2) is 23.1 Å². The van der Waals surface area contributed by atoms with Crippen LogP contribution in [0.15, 0.2) is 12.3 Å². The van der Waals surface area contributed by atoms with Crippen LogP contribution in [0.25, 0.3) is 0 Å². The van der Waals surface area contributed by atoms with Gasteiger partial charge in [0.05, 0.1) is 0 Å². The van der Waals surface area contributed by atoms with E-state index in [-0.39, 0.29) is 0 Å². The van der Waals surface area contributed by atoms with E-state index in [1.54, 1.807) is 0 Å². The van der Waals surface area contributed by atoms with Gasteiger partial charge in [-0.3, -0.25) is 0 Å². The lowest BCUT2D eigenvalue weighted by Crippen LogP contribution is -2.26. The Labute approximate surface area is 116 Å². The van der Waals surface area contributed by atoms with E-state index in [0.717, 1.165) is 31.3 Å². The molecule has 0 spiro atoms. The molecule has 1 heterocycles. The Morgan fingerprint density at radius 1 is 1.21 bits per heavy atom. The maximum atomic E-state index is 4.50. The Kier molecular flexibility index (Phi) is 5.00. The highest BCUT2D eigenvalue weighted by Gasteiger charge is 2.31. The third kappa shape index (κ3) is 3.82. The smallest absolute Gasteiger partial charge is 0.224 e. The molecule has 2 rings (SSSR count). The van der Waals surface area contributed by atoms with E-state index in [1.807, 2.05) is 12.3 Å². The van der Waals surface area contributed by atoms with Crippen LogP contribution < -0.4 is 10.6 Å². The van der Waals surface area contributed by atoms with Crippen molar-refractivity contribution in [3.05, 3.63) is 12.3 Å². The summed E-state index contributed by atoms with van der Waals surface area (Å²) in [4.78, 5) is 8.74. The monoisotopic (exact) mass is 262 g/mol. The van der Waals surface area contributed by atoms with Crippen molar-refractivity contribution in [2.24, 2.45) is 5.41 Å². The van der Waals surface area contributed by atoms with Crippen molar-refractivity contribution in [3.63, 3.8) is 0 Å². The van der Waals surface area contributed by atoms with E-state index in [0.29, 0.717) is 5.41 Å². The Morgan fingerprint density at radius 3 is 2.68 bits per heavy atom. The molecule has 0 radical (unpaired) electrons. The fourth-order valence-electron chi connectivity index (χ4n) is 2.84. The highest BCUT2D eigenvalue weighted by atomic mass is 15.1. The lowest BCUT2D eigenvalue weighted by atomic mass is 9.83. The first-order valence-corrected chi connectivity index (χ1v) is 7.59. The van der Waals surface area contributed by atoms with E-state index in [9.17, 15) is 0 Å². The van der Waals surface area contributed by atoms with Crippen molar-refractivity contribution in [2.75, 3.05) is 23.7 Å². The molecular formula is C15H26N4. The zero-order valence-electron chi connectivity index (χ0n) is 12.2. The maximum absolute atomic E-state index is 4.50. The molecule has 106 valence electrons. The summed E-state index contributed by atoms with van der Waals surface area (Å²) in [6, 6.07) is 1.95. The molecule has 0 atom stereocenters. The average molecular weight is 262 g/mol. The number of nitrogens with one attached hydrogen (secondary N) is 2. The van der Waals surface area contributed by atoms with Crippen molar-refractivity contribution in [2.45, 2.75) is 52.4 Å². The second-order valence-electron chi connectivity index (χ2n) is 5.61. The van der Waals surface area contributed by atoms with Crippen molar-refractivity contribution in [3.8, 4) is 0 Å². The largest absolute Gasteiger partial charge is 0.369 e. The third-order valence-electron chi connectivity index (χ3n) is 4.25. The van der Waals surface area contributed by atoms with Crippen molar-refractivity contribution in [1.82, 2.24) is 9.97 Å². The molecule has 4 nitrogen and oxygen atoms in total. The fraction of sp³-hybridized carbons (Fsp3) is 0.733. The van der Waals surface area contributed by atoms with Gasteiger partial charge in [-0.15, -0.1) is 0 Å². The minimum absolute atomic E-state index is 0.488. The van der Waals surface area contributed by atoms with Gasteiger partial charge in [-0.1, -0.05) is 26.7 Å². The Hall–Kier alpha value is -1.32. The van der Waals surface area contributed by atoms with Gasteiger partial charge in [0.2, 0.25) is 5.95 Å². The first-order chi connectivity index (χ1) is 9.28. The molecule has 1 aromatic rings. The van der Waals surface area contributed by atoms with E-state index in [4.69, 9.17) is 0 Å². The third-order valence-corrected chi connectivity index (χ3v) is 4.25. The number of nitrogens with zero attached hydrogens (tertiary/aromatic N) is 2. The van der Waals surface area contributed by atoms with Crippen LogP contribution in [0.5, 0.6) is 0 Å². The summed E-state index contributed by atoms with van der Waals surface area (Å²) < 4.78 is 0. The molecule has 0 aromatic carbocycles. The average Bonchev–Trinajstić information content (AvgIpc) is 2.93. The number of hydrogen-bond donors (Lipinski definition) is 2. The number of anilines is 2. The predicted molar refractivity (Wildman–Crippen MR) is 80.5 cm³/mol. The fourth-order valence-corrected chi connectivity index (χ4v) is 2.84. The summed E-state index contributed by atoms with van der Waals surface area (Å²) in [5.41, 5.74) is 0.488. The van der Waals surface area contributed by atoms with Crippen LogP contribution in [-0.2, 0) is 0 Å². The number of rotatable bonds is 7. The van der Waals surface area contributed by atoms with Crippen molar-refractivity contribution < 1.29 is 0 Å². The first-order valence-electron chi connectivity index (χ1n) is 7.59. The zero-order valence-corrected chi connectivity index (χ0v) is 12.2. The predicted octanol–water partition coefficient (Wildman–Crippen LogP) is 3.68. The summed E-state index contributed by atoms with van der Waals surface area (Å²) in [6.45, 7) is 6.40. The molecule has 4 heteroatoms. The second-order valence-corrected chi connectivity index (χ2v) is 5.61. The van der Waals surface area contributed by atoms with Gasteiger partial charge in [0.15, 0.2) is 0 Å². The lowest BCUT2D eigenvalue weighted by molar-refractivity contribution is 0.306. The van der Waals surface area contributed by atoms with E-state index >= 15 is 0 Å². The van der Waals surface area contributed by atoms with Gasteiger partial charge in [-0.25, -0.2) is 4.98 Å². The van der Waals surface area contributed by atoms with Crippen molar-refractivity contribution >= 4 is 11.8 Å². The molecular weight excluding hydrogens is 236 g/mol. The highest BCUT2D eigenvalue weighted by molar-refractivity contribution is 5.39. The maximum Gasteiger partial charge on any atom is 0.224 e. The molecule has 2 N–H and O–H groups in total. The van der Waals surface area contributed by atoms with Crippen LogP contribution in [0.4, 0.5) is 11.8 Å². The quantitative estimate of drug-likeness (QED) is 0.787. The molecule has 1 saturated carbocycles. The standard InChI is InChI=1S/C15H26N4/c1-3-10-16-14-17-11-7-13(19-14)18-12-15(4-2)8-5-6-9-15/h7,11H,3-6,8-10,12H2,1-2H3,(H2,16,17,18,19). The Morgan fingerprint density at radius 2 is 2.00 bits per heavy atom. The SMILES string of the molecule is CCCNc1nccc(NCC2(CC)CCCC2)n1. The minimum atomic E-state index is 0.488. The summed E-state index contributed by atoms with van der Waals surface area (Å²) >= 11 is 0. The second kappa shape index (κ2) is 6.73. The van der Waals surface area contributed by atoms with E-state index in [1.165, 1.54) is 32.1 Å². The molecule has 0 amide bonds. The molecule has 1 aliphatic rings. The summed E-state index contributed by atoms with van der Waals surface area (Å²) in [7, 11) is 0. The van der Waals surface area contributed by atoms with Gasteiger partial charge in [0.25, 0.3) is 0 Å². The first kappa shape index (κ1) is 14.1. The number of aromatic nitrogens is 2. The van der Waals surface area contributed by atoms with Crippen LogP contribution in [0, 0.1) is 5.41 Å². The topological polar surface area (TPSA) is 49.8 Å². The number of hydrogen-bond acceptors (Lipinski definition) is 4. The van der Waals surface area contributed by atoms with Crippen molar-refractivity contribution in [1.29, 1.82) is 0 Å². The van der Waals surface area contributed by atoms with Crippen LogP contribution in [0.3, 0.4) is 0 Å². The van der Waals surface area contributed by atoms with Crippen LogP contribution in [0.1, 0.15) is 52.4 Å². The van der Waals surface area contributed by atoms with Crippen LogP contribution >= 0.6 is 0 Å². The Balaban J connectivity index is 1.91. The van der Waals surface area contributed by atoms with E-state index < -0.39 is 0 Å². The molecule has 0 bridgehead atoms. The molecule has 1 aliphatic carbocycles. The molecule has 19 heavy (non-hydrogen) atoms. The van der Waals surface area contributed by atoms with E-state index in [2.05, 4.69) is 34.4 Å². The molecule has 0 saturated heterocycles. The zero-order chi connectivity index (χ0) is 13.6. The molecule has 0 aliphatic heterocycles. The lowest BCUT2D eigenvalue weighted by Gasteiger charge is -2.27. The highest BCUT2D eigenvalue weighted by Crippen LogP contribution is 2.40. The van der Waals surface area contributed by atoms with Gasteiger partial charge in [-0.2, -0.15) is 4.98 Å². The molecule has 1 fully saturated rings. The van der Waals surface area contributed by atoms with Crippen LogP contribution in [0.2, 0.25) is 0 Å². The molecule has 1 aromatic heterocycles. The normalized spacial score (nSPS) is 17.4. The Bertz CT molecular complexity index is 385. The van der Waals surface area contributed by atoms with Gasteiger partial charge in [0, 0.05) is 19.3 Å². The van der Waals surface area contributed by atoms with Gasteiger partial charge in [0.1, 0.15) is 5.82 Å². The summed E-state index contributed by atoms with van der Waals surface area (Å²) in [6.07, 6.45) is 9.61. The van der Waals surface area contributed by atoms with Gasteiger partial charge in [-0.05, 0) is 37.2 Å². The van der Waals surface area contributed by atoms with Gasteiger partial charge >= 0.3 is 0 Å². The summed E-state index contributed by atoms with van der Waals surface area (Å²) in [5.74, 6) is 1.66. The minimum Gasteiger partial charge on any atom is -0.369 e. The molecule has 0 unspecified atom stereocenters. The van der Waals surface area contributed by atoms with Gasteiger partial charge < -0.3 is 10.6 Å².